The molecule has 1 saturated heterocycles. The summed E-state index contributed by atoms with van der Waals surface area (Å²) in [6.45, 7) is 1.56. The van der Waals surface area contributed by atoms with Crippen molar-refractivity contribution in [2.75, 3.05) is 13.2 Å². The Morgan fingerprint density at radius 2 is 2.00 bits per heavy atom. The number of benzene rings is 1. The minimum atomic E-state index is -0.299. The maximum absolute atomic E-state index is 13.0. The Morgan fingerprint density at radius 3 is 2.78 bits per heavy atom. The van der Waals surface area contributed by atoms with Gasteiger partial charge in [-0.2, -0.15) is 4.98 Å². The van der Waals surface area contributed by atoms with Crippen LogP contribution < -0.4 is 5.32 Å². The topological polar surface area (TPSA) is 93.0 Å². The zero-order valence-corrected chi connectivity index (χ0v) is 14.6. The summed E-state index contributed by atoms with van der Waals surface area (Å²) in [4.78, 5) is 19.6. The minimum Gasteiger partial charge on any atom is -0.381 e. The molecule has 3 heterocycles. The standard InChI is InChI=1S/C19H19FN4O3/c20-15-3-1-12(2-4-15)14-9-16(21-10-14)19(25)22-11-17-23-18(24-27-17)13-5-7-26-8-6-13/h1-4,9-10,13,21H,5-8,11H2,(H,22,25). The van der Waals surface area contributed by atoms with E-state index in [-0.39, 0.29) is 24.2 Å². The molecule has 1 fully saturated rings. The summed E-state index contributed by atoms with van der Waals surface area (Å²) in [5.41, 5.74) is 2.03. The third-order valence-corrected chi connectivity index (χ3v) is 4.58. The van der Waals surface area contributed by atoms with Crippen LogP contribution in [0.5, 0.6) is 0 Å². The van der Waals surface area contributed by atoms with Gasteiger partial charge in [0, 0.05) is 25.3 Å². The van der Waals surface area contributed by atoms with Crippen molar-refractivity contribution in [2.45, 2.75) is 25.3 Å². The van der Waals surface area contributed by atoms with Crippen LogP contribution in [-0.2, 0) is 11.3 Å². The van der Waals surface area contributed by atoms with Crippen molar-refractivity contribution in [3.8, 4) is 11.1 Å². The number of hydrogen-bond donors (Lipinski definition) is 2. The Kier molecular flexibility index (Phi) is 4.97. The normalized spacial score (nSPS) is 15.0. The van der Waals surface area contributed by atoms with E-state index >= 15 is 0 Å². The predicted octanol–water partition coefficient (Wildman–Crippen LogP) is 3.03. The molecule has 2 N–H and O–H groups in total. The molecular weight excluding hydrogens is 351 g/mol. The number of nitrogens with zero attached hydrogens (tertiary/aromatic N) is 2. The van der Waals surface area contributed by atoms with Gasteiger partial charge in [0.25, 0.3) is 5.91 Å². The maximum atomic E-state index is 13.0. The number of halogens is 1. The molecule has 0 saturated carbocycles. The molecule has 7 nitrogen and oxygen atoms in total. The monoisotopic (exact) mass is 370 g/mol. The van der Waals surface area contributed by atoms with Gasteiger partial charge >= 0.3 is 0 Å². The molecule has 2 aromatic heterocycles. The van der Waals surface area contributed by atoms with Crippen molar-refractivity contribution in [3.63, 3.8) is 0 Å². The molecule has 1 aliphatic heterocycles. The van der Waals surface area contributed by atoms with Crippen LogP contribution in [0.25, 0.3) is 11.1 Å². The highest BCUT2D eigenvalue weighted by Crippen LogP contribution is 2.24. The van der Waals surface area contributed by atoms with Crippen LogP contribution in [0.1, 0.15) is 41.0 Å². The second kappa shape index (κ2) is 7.71. The van der Waals surface area contributed by atoms with Gasteiger partial charge in [-0.15, -0.1) is 0 Å². The Balaban J connectivity index is 1.36. The Labute approximate surface area is 154 Å². The number of rotatable bonds is 5. The second-order valence-electron chi connectivity index (χ2n) is 6.42. The average molecular weight is 370 g/mol. The zero-order chi connectivity index (χ0) is 18.6. The first-order valence-corrected chi connectivity index (χ1v) is 8.82. The molecule has 0 atom stereocenters. The Hall–Kier alpha value is -3.00. The van der Waals surface area contributed by atoms with Crippen LogP contribution in [0.15, 0.2) is 41.1 Å². The molecule has 27 heavy (non-hydrogen) atoms. The van der Waals surface area contributed by atoms with E-state index in [1.165, 1.54) is 12.1 Å². The van der Waals surface area contributed by atoms with E-state index in [0.717, 1.165) is 24.0 Å². The third-order valence-electron chi connectivity index (χ3n) is 4.58. The fourth-order valence-corrected chi connectivity index (χ4v) is 3.05. The minimum absolute atomic E-state index is 0.153. The van der Waals surface area contributed by atoms with Crippen molar-refractivity contribution in [3.05, 3.63) is 59.8 Å². The van der Waals surface area contributed by atoms with Gasteiger partial charge in [0.05, 0.1) is 6.54 Å². The number of hydrogen-bond acceptors (Lipinski definition) is 5. The maximum Gasteiger partial charge on any atom is 0.268 e. The van der Waals surface area contributed by atoms with Crippen molar-refractivity contribution < 1.29 is 18.4 Å². The highest BCUT2D eigenvalue weighted by atomic mass is 19.1. The smallest absolute Gasteiger partial charge is 0.268 e. The number of amides is 1. The van der Waals surface area contributed by atoms with Crippen LogP contribution >= 0.6 is 0 Å². The lowest BCUT2D eigenvalue weighted by Gasteiger charge is -2.18. The molecule has 1 aliphatic rings. The number of nitrogens with one attached hydrogen (secondary N) is 2. The summed E-state index contributed by atoms with van der Waals surface area (Å²) >= 11 is 0. The van der Waals surface area contributed by atoms with E-state index in [1.807, 2.05) is 0 Å². The van der Waals surface area contributed by atoms with E-state index in [1.54, 1.807) is 24.4 Å². The van der Waals surface area contributed by atoms with Gasteiger partial charge in [0.2, 0.25) is 5.89 Å². The molecule has 8 heteroatoms. The van der Waals surface area contributed by atoms with E-state index in [2.05, 4.69) is 20.4 Å². The first-order chi connectivity index (χ1) is 13.2. The van der Waals surface area contributed by atoms with Gasteiger partial charge in [-0.05, 0) is 42.2 Å². The Bertz CT molecular complexity index is 913. The van der Waals surface area contributed by atoms with Gasteiger partial charge in [-0.1, -0.05) is 17.3 Å². The lowest BCUT2D eigenvalue weighted by atomic mass is 10.00. The summed E-state index contributed by atoms with van der Waals surface area (Å²) in [6.07, 6.45) is 3.46. The lowest BCUT2D eigenvalue weighted by molar-refractivity contribution is 0.0830. The SMILES string of the molecule is O=C(NCc1nc(C2CCOCC2)no1)c1cc(-c2ccc(F)cc2)c[nH]1. The van der Waals surface area contributed by atoms with E-state index in [4.69, 9.17) is 9.26 Å². The molecule has 0 spiro atoms. The first kappa shape index (κ1) is 17.4. The summed E-state index contributed by atoms with van der Waals surface area (Å²) in [6, 6.07) is 7.80. The summed E-state index contributed by atoms with van der Waals surface area (Å²) < 4.78 is 23.6. The number of carbonyl (C=O) groups is 1. The van der Waals surface area contributed by atoms with Gasteiger partial charge < -0.3 is 19.6 Å². The fraction of sp³-hybridized carbons (Fsp3) is 0.316. The molecule has 1 aromatic carbocycles. The van der Waals surface area contributed by atoms with Crippen LogP contribution in [0.4, 0.5) is 4.39 Å². The highest BCUT2D eigenvalue weighted by Gasteiger charge is 2.21. The van der Waals surface area contributed by atoms with E-state index in [9.17, 15) is 9.18 Å². The largest absolute Gasteiger partial charge is 0.381 e. The molecule has 1 amide bonds. The van der Waals surface area contributed by atoms with Crippen molar-refractivity contribution in [1.29, 1.82) is 0 Å². The number of aromatic nitrogens is 3. The summed E-state index contributed by atoms with van der Waals surface area (Å²) in [7, 11) is 0. The molecule has 3 aromatic rings. The number of ether oxygens (including phenoxy) is 1. The van der Waals surface area contributed by atoms with E-state index < -0.39 is 0 Å². The third kappa shape index (κ3) is 4.06. The number of aromatic amines is 1. The van der Waals surface area contributed by atoms with E-state index in [0.29, 0.717) is 30.6 Å². The molecule has 140 valence electrons. The van der Waals surface area contributed by atoms with Gasteiger partial charge in [0.1, 0.15) is 11.5 Å². The first-order valence-electron chi connectivity index (χ1n) is 8.82. The molecule has 0 aliphatic carbocycles. The van der Waals surface area contributed by atoms with Crippen molar-refractivity contribution in [1.82, 2.24) is 20.4 Å². The van der Waals surface area contributed by atoms with Crippen molar-refractivity contribution in [2.24, 2.45) is 0 Å². The van der Waals surface area contributed by atoms with Crippen LogP contribution in [0.3, 0.4) is 0 Å². The highest BCUT2D eigenvalue weighted by molar-refractivity contribution is 5.93. The number of H-pyrrole nitrogens is 1. The van der Waals surface area contributed by atoms with Crippen molar-refractivity contribution >= 4 is 5.91 Å². The zero-order valence-electron chi connectivity index (χ0n) is 14.6. The molecule has 0 unspecified atom stereocenters. The van der Waals surface area contributed by atoms with Gasteiger partial charge in [0.15, 0.2) is 5.82 Å². The predicted molar refractivity (Wildman–Crippen MR) is 94.4 cm³/mol. The van der Waals surface area contributed by atoms with Crippen LogP contribution in [-0.4, -0.2) is 34.2 Å². The molecule has 0 bridgehead atoms. The van der Waals surface area contributed by atoms with Crippen LogP contribution in [0, 0.1) is 5.82 Å². The quantitative estimate of drug-likeness (QED) is 0.720. The van der Waals surface area contributed by atoms with Gasteiger partial charge in [-0.25, -0.2) is 4.39 Å². The van der Waals surface area contributed by atoms with Gasteiger partial charge in [-0.3, -0.25) is 4.79 Å². The summed E-state index contributed by atoms with van der Waals surface area (Å²) in [5.74, 6) is 0.700. The molecule has 0 radical (unpaired) electrons. The average Bonchev–Trinajstić information content (AvgIpc) is 3.37. The summed E-state index contributed by atoms with van der Waals surface area (Å²) in [5, 5.41) is 6.76. The molecular formula is C19H19FN4O3. The molecule has 4 rings (SSSR count). The van der Waals surface area contributed by atoms with Crippen LogP contribution in [0.2, 0.25) is 0 Å². The number of carbonyl (C=O) groups excluding carboxylic acids is 1. The second-order valence-corrected chi connectivity index (χ2v) is 6.42. The lowest BCUT2D eigenvalue weighted by Crippen LogP contribution is -2.23. The Morgan fingerprint density at radius 1 is 1.22 bits per heavy atom. The fourth-order valence-electron chi connectivity index (χ4n) is 3.05.